The Morgan fingerprint density at radius 2 is 1.89 bits per heavy atom. The van der Waals surface area contributed by atoms with Gasteiger partial charge in [-0.1, -0.05) is 18.2 Å². The highest BCUT2D eigenvalue weighted by Crippen LogP contribution is 2.19. The van der Waals surface area contributed by atoms with E-state index in [4.69, 9.17) is 4.42 Å². The quantitative estimate of drug-likeness (QED) is 0.721. The molecule has 2 heterocycles. The van der Waals surface area contributed by atoms with Gasteiger partial charge >= 0.3 is 6.03 Å². The normalized spacial score (nSPS) is 16.5. The first-order chi connectivity index (χ1) is 13.0. The number of hydrogen-bond acceptors (Lipinski definition) is 4. The molecule has 142 valence electrons. The van der Waals surface area contributed by atoms with E-state index < -0.39 is 11.9 Å². The summed E-state index contributed by atoms with van der Waals surface area (Å²) in [6.07, 6.45) is 2.84. The van der Waals surface area contributed by atoms with E-state index in [0.717, 1.165) is 12.1 Å². The minimum Gasteiger partial charge on any atom is -0.469 e. The minimum atomic E-state index is -0.454. The Balaban J connectivity index is 1.51. The Morgan fingerprint density at radius 3 is 2.59 bits per heavy atom. The van der Waals surface area contributed by atoms with Crippen LogP contribution in [0.3, 0.4) is 0 Å². The van der Waals surface area contributed by atoms with Crippen LogP contribution >= 0.6 is 0 Å². The standard InChI is InChI=1S/C19H22N4O4/c1-13-16(9-11-27-13)18(25)21-22-19(26)23-10-5-6-14(12-23)17(24)20-15-7-3-2-4-8-15/h2-4,7-9,11,14H,5-6,10,12H2,1H3,(H,20,24)(H,21,25)(H,22,26). The number of nitrogens with zero attached hydrogens (tertiary/aromatic N) is 1. The van der Waals surface area contributed by atoms with Crippen LogP contribution in [0.5, 0.6) is 0 Å². The number of anilines is 1. The summed E-state index contributed by atoms with van der Waals surface area (Å²) in [5.41, 5.74) is 5.84. The summed E-state index contributed by atoms with van der Waals surface area (Å²) in [6, 6.07) is 10.3. The topological polar surface area (TPSA) is 104 Å². The fourth-order valence-corrected chi connectivity index (χ4v) is 3.02. The van der Waals surface area contributed by atoms with Crippen LogP contribution in [0.4, 0.5) is 10.5 Å². The molecule has 0 spiro atoms. The maximum Gasteiger partial charge on any atom is 0.336 e. The highest BCUT2D eigenvalue weighted by molar-refractivity contribution is 5.96. The highest BCUT2D eigenvalue weighted by atomic mass is 16.3. The number of carbonyl (C=O) groups is 3. The number of nitrogens with one attached hydrogen (secondary N) is 3. The molecule has 1 saturated heterocycles. The number of urea groups is 1. The number of hydrazine groups is 1. The van der Waals surface area contributed by atoms with Crippen LogP contribution < -0.4 is 16.2 Å². The lowest BCUT2D eigenvalue weighted by Gasteiger charge is -2.32. The third kappa shape index (κ3) is 4.66. The van der Waals surface area contributed by atoms with E-state index in [9.17, 15) is 14.4 Å². The van der Waals surface area contributed by atoms with Gasteiger partial charge in [-0.25, -0.2) is 10.2 Å². The number of likely N-dealkylation sites (tertiary alicyclic amines) is 1. The van der Waals surface area contributed by atoms with Crippen molar-refractivity contribution in [3.8, 4) is 0 Å². The van der Waals surface area contributed by atoms with Gasteiger partial charge in [0.1, 0.15) is 5.76 Å². The van der Waals surface area contributed by atoms with Crippen molar-refractivity contribution in [3.63, 3.8) is 0 Å². The average molecular weight is 370 g/mol. The molecule has 8 nitrogen and oxygen atoms in total. The van der Waals surface area contributed by atoms with Crippen LogP contribution in [-0.4, -0.2) is 35.8 Å². The van der Waals surface area contributed by atoms with E-state index in [1.165, 1.54) is 17.2 Å². The number of piperidine rings is 1. The Hall–Kier alpha value is -3.29. The largest absolute Gasteiger partial charge is 0.469 e. The number of rotatable bonds is 3. The fraction of sp³-hybridized carbons (Fsp3) is 0.316. The van der Waals surface area contributed by atoms with Crippen molar-refractivity contribution in [2.24, 2.45) is 5.92 Å². The molecule has 0 radical (unpaired) electrons. The molecule has 4 amide bonds. The predicted molar refractivity (Wildman–Crippen MR) is 98.8 cm³/mol. The van der Waals surface area contributed by atoms with E-state index in [0.29, 0.717) is 30.8 Å². The minimum absolute atomic E-state index is 0.114. The first-order valence-corrected chi connectivity index (χ1v) is 8.80. The van der Waals surface area contributed by atoms with Crippen molar-refractivity contribution in [1.29, 1.82) is 0 Å². The second-order valence-corrected chi connectivity index (χ2v) is 6.42. The molecule has 1 aromatic heterocycles. The zero-order valence-electron chi connectivity index (χ0n) is 15.0. The smallest absolute Gasteiger partial charge is 0.336 e. The van der Waals surface area contributed by atoms with Gasteiger partial charge in [0.05, 0.1) is 17.7 Å². The van der Waals surface area contributed by atoms with E-state index in [1.54, 1.807) is 6.92 Å². The van der Waals surface area contributed by atoms with Crippen molar-refractivity contribution in [2.45, 2.75) is 19.8 Å². The number of amides is 4. The third-order valence-electron chi connectivity index (χ3n) is 4.51. The van der Waals surface area contributed by atoms with Crippen molar-refractivity contribution >= 4 is 23.5 Å². The number of aryl methyl sites for hydroxylation is 1. The zero-order chi connectivity index (χ0) is 19.2. The molecule has 2 aromatic rings. The zero-order valence-corrected chi connectivity index (χ0v) is 15.0. The predicted octanol–water partition coefficient (Wildman–Crippen LogP) is 2.29. The van der Waals surface area contributed by atoms with Gasteiger partial charge in [-0.3, -0.25) is 15.0 Å². The molecule has 0 aliphatic carbocycles. The summed E-state index contributed by atoms with van der Waals surface area (Å²) in [4.78, 5) is 38.3. The second kappa shape index (κ2) is 8.39. The van der Waals surface area contributed by atoms with Gasteiger partial charge in [-0.2, -0.15) is 0 Å². The fourth-order valence-electron chi connectivity index (χ4n) is 3.02. The second-order valence-electron chi connectivity index (χ2n) is 6.42. The SMILES string of the molecule is Cc1occc1C(=O)NNC(=O)N1CCCC(C(=O)Nc2ccccc2)C1. The van der Waals surface area contributed by atoms with Gasteiger partial charge in [0.15, 0.2) is 0 Å². The number of benzene rings is 1. The molecule has 1 fully saturated rings. The molecule has 1 aliphatic heterocycles. The molecule has 0 bridgehead atoms. The van der Waals surface area contributed by atoms with Crippen LogP contribution in [0.2, 0.25) is 0 Å². The van der Waals surface area contributed by atoms with Crippen LogP contribution in [0.1, 0.15) is 29.0 Å². The third-order valence-corrected chi connectivity index (χ3v) is 4.51. The van der Waals surface area contributed by atoms with Crippen molar-refractivity contribution in [1.82, 2.24) is 15.8 Å². The molecule has 1 unspecified atom stereocenters. The van der Waals surface area contributed by atoms with Crippen molar-refractivity contribution < 1.29 is 18.8 Å². The maximum atomic E-state index is 12.4. The summed E-state index contributed by atoms with van der Waals surface area (Å²) in [5, 5.41) is 2.87. The first kappa shape index (κ1) is 18.5. The van der Waals surface area contributed by atoms with E-state index in [2.05, 4.69) is 16.2 Å². The van der Waals surface area contributed by atoms with Crippen LogP contribution in [0.15, 0.2) is 47.1 Å². The van der Waals surface area contributed by atoms with Gasteiger partial charge in [0.2, 0.25) is 5.91 Å². The molecular formula is C19H22N4O4. The van der Waals surface area contributed by atoms with Crippen LogP contribution in [0, 0.1) is 12.8 Å². The van der Waals surface area contributed by atoms with Crippen LogP contribution in [-0.2, 0) is 4.79 Å². The summed E-state index contributed by atoms with van der Waals surface area (Å²) < 4.78 is 5.07. The molecule has 0 saturated carbocycles. The summed E-state index contributed by atoms with van der Waals surface area (Å²) >= 11 is 0. The summed E-state index contributed by atoms with van der Waals surface area (Å²) in [7, 11) is 0. The highest BCUT2D eigenvalue weighted by Gasteiger charge is 2.28. The van der Waals surface area contributed by atoms with Gasteiger partial charge in [0, 0.05) is 18.8 Å². The van der Waals surface area contributed by atoms with Gasteiger partial charge in [-0.15, -0.1) is 0 Å². The molecule has 1 aromatic carbocycles. The number of carbonyl (C=O) groups excluding carboxylic acids is 3. The molecule has 8 heteroatoms. The van der Waals surface area contributed by atoms with Crippen molar-refractivity contribution in [2.75, 3.05) is 18.4 Å². The maximum absolute atomic E-state index is 12.4. The average Bonchev–Trinajstić information content (AvgIpc) is 3.12. The Labute approximate surface area is 156 Å². The Morgan fingerprint density at radius 1 is 1.11 bits per heavy atom. The first-order valence-electron chi connectivity index (χ1n) is 8.80. The molecule has 1 atom stereocenters. The summed E-state index contributed by atoms with van der Waals surface area (Å²) in [6.45, 7) is 2.49. The van der Waals surface area contributed by atoms with Gasteiger partial charge in [-0.05, 0) is 38.0 Å². The molecule has 27 heavy (non-hydrogen) atoms. The molecule has 3 rings (SSSR count). The lowest BCUT2D eigenvalue weighted by molar-refractivity contribution is -0.121. The van der Waals surface area contributed by atoms with E-state index in [-0.39, 0.29) is 11.8 Å². The van der Waals surface area contributed by atoms with Gasteiger partial charge in [0.25, 0.3) is 5.91 Å². The number of para-hydroxylation sites is 1. The Bertz CT molecular complexity index is 818. The van der Waals surface area contributed by atoms with E-state index in [1.807, 2.05) is 30.3 Å². The molecular weight excluding hydrogens is 348 g/mol. The molecule has 1 aliphatic rings. The van der Waals surface area contributed by atoms with Crippen LogP contribution in [0.25, 0.3) is 0 Å². The van der Waals surface area contributed by atoms with Gasteiger partial charge < -0.3 is 14.6 Å². The van der Waals surface area contributed by atoms with Crippen molar-refractivity contribution in [3.05, 3.63) is 54.0 Å². The van der Waals surface area contributed by atoms with E-state index >= 15 is 0 Å². The summed E-state index contributed by atoms with van der Waals surface area (Å²) in [5.74, 6) is -0.393. The lowest BCUT2D eigenvalue weighted by Crippen LogP contribution is -2.52. The Kier molecular flexibility index (Phi) is 5.75. The number of furan rings is 1. The monoisotopic (exact) mass is 370 g/mol. The molecule has 3 N–H and O–H groups in total. The lowest BCUT2D eigenvalue weighted by atomic mass is 9.97. The number of hydrogen-bond donors (Lipinski definition) is 3.